The van der Waals surface area contributed by atoms with E-state index in [1.54, 1.807) is 18.3 Å². The van der Waals surface area contributed by atoms with E-state index < -0.39 is 5.41 Å². The van der Waals surface area contributed by atoms with Crippen LogP contribution in [0.3, 0.4) is 0 Å². The zero-order chi connectivity index (χ0) is 34.7. The molecule has 1 aliphatic rings. The van der Waals surface area contributed by atoms with Crippen molar-refractivity contribution in [3.8, 4) is 50.5 Å². The van der Waals surface area contributed by atoms with Crippen molar-refractivity contribution in [3.05, 3.63) is 174 Å². The van der Waals surface area contributed by atoms with Crippen molar-refractivity contribution in [2.45, 2.75) is 31.6 Å². The number of benzene rings is 5. The lowest BCUT2D eigenvalue weighted by Crippen LogP contribution is -2.30. The average Bonchev–Trinajstić information content (AvgIpc) is 3.76. The molecule has 6 nitrogen and oxygen atoms in total. The molecule has 1 atom stereocenters. The Morgan fingerprint density at radius 1 is 0.608 bits per heavy atom. The quantitative estimate of drug-likeness (QED) is 0.197. The van der Waals surface area contributed by atoms with Gasteiger partial charge in [0.05, 0.1) is 16.8 Å². The van der Waals surface area contributed by atoms with Crippen LogP contribution in [0.2, 0.25) is 0 Å². The van der Waals surface area contributed by atoms with Crippen LogP contribution in [-0.4, -0.2) is 25.4 Å². The molecule has 0 saturated carbocycles. The van der Waals surface area contributed by atoms with Gasteiger partial charge in [-0.2, -0.15) is 0 Å². The van der Waals surface area contributed by atoms with Gasteiger partial charge in [0.15, 0.2) is 5.52 Å². The lowest BCUT2D eigenvalue weighted by atomic mass is 9.68. The topological polar surface area (TPSA) is 84.9 Å². The van der Waals surface area contributed by atoms with Crippen LogP contribution < -0.4 is 0 Å². The molecule has 51 heavy (non-hydrogen) atoms. The Balaban J connectivity index is 1.41. The lowest BCUT2D eigenvalue weighted by Gasteiger charge is -2.34. The van der Waals surface area contributed by atoms with Crippen molar-refractivity contribution >= 4 is 11.0 Å². The molecular weight excluding hydrogens is 629 g/mol. The van der Waals surface area contributed by atoms with Crippen LogP contribution in [0.15, 0.2) is 150 Å². The van der Waals surface area contributed by atoms with E-state index in [0.717, 1.165) is 44.6 Å². The van der Waals surface area contributed by atoms with Crippen molar-refractivity contribution in [2.24, 2.45) is 0 Å². The second-order valence-corrected chi connectivity index (χ2v) is 14.2. The Labute approximate surface area is 296 Å². The number of fused-ring (bicyclic) bond motifs is 4. The number of aromatic hydroxyl groups is 1. The number of phenols is 1. The summed E-state index contributed by atoms with van der Waals surface area (Å²) < 4.78 is 5.13. The van der Waals surface area contributed by atoms with Gasteiger partial charge in [-0.1, -0.05) is 118 Å². The smallest absolute Gasteiger partial charge is 0.161 e. The third-order valence-electron chi connectivity index (χ3n) is 10.2. The van der Waals surface area contributed by atoms with Crippen LogP contribution in [0.1, 0.15) is 48.7 Å². The zero-order valence-electron chi connectivity index (χ0n) is 28.5. The van der Waals surface area contributed by atoms with Gasteiger partial charge in [-0.05, 0) is 103 Å². The molecule has 8 aromatic rings. The molecule has 3 aromatic heterocycles. The summed E-state index contributed by atoms with van der Waals surface area (Å²) in [6.07, 6.45) is 1.74. The maximum absolute atomic E-state index is 11.0. The average molecular weight is 663 g/mol. The Morgan fingerprint density at radius 3 is 2.18 bits per heavy atom. The molecule has 1 aliphatic carbocycles. The highest BCUT2D eigenvalue weighted by atomic mass is 16.6. The van der Waals surface area contributed by atoms with Gasteiger partial charge in [0, 0.05) is 17.3 Å². The SMILES string of the molecule is CC(C)(C)c1ccc2c(c1)C(c1cccc(-c3nccc4nonc34)c1)(c1cccc(-c3ccccc3O)n1)c1cc(-c3ccccc3)ccc1-2. The second kappa shape index (κ2) is 11.6. The number of pyridine rings is 2. The molecule has 0 fully saturated rings. The van der Waals surface area contributed by atoms with Gasteiger partial charge in [-0.25, -0.2) is 4.63 Å². The van der Waals surface area contributed by atoms with Crippen LogP contribution in [-0.2, 0) is 10.8 Å². The highest BCUT2D eigenvalue weighted by Crippen LogP contribution is 2.57. The first-order chi connectivity index (χ1) is 24.8. The fourth-order valence-corrected chi connectivity index (χ4v) is 7.64. The summed E-state index contributed by atoms with van der Waals surface area (Å²) in [5.41, 5.74) is 13.3. The summed E-state index contributed by atoms with van der Waals surface area (Å²) in [5, 5.41) is 19.3. The number of hydrogen-bond acceptors (Lipinski definition) is 6. The normalized spacial score (nSPS) is 15.1. The van der Waals surface area contributed by atoms with Gasteiger partial charge < -0.3 is 5.11 Å². The van der Waals surface area contributed by atoms with E-state index in [0.29, 0.717) is 28.0 Å². The second-order valence-electron chi connectivity index (χ2n) is 14.2. The van der Waals surface area contributed by atoms with Gasteiger partial charge in [0.25, 0.3) is 0 Å². The van der Waals surface area contributed by atoms with E-state index in [9.17, 15) is 5.11 Å². The molecular formula is C45H34N4O2. The third-order valence-corrected chi connectivity index (χ3v) is 10.2. The third kappa shape index (κ3) is 4.86. The minimum Gasteiger partial charge on any atom is -0.507 e. The molecule has 5 aromatic carbocycles. The number of para-hydroxylation sites is 1. The van der Waals surface area contributed by atoms with Crippen LogP contribution in [0, 0.1) is 0 Å². The van der Waals surface area contributed by atoms with Crippen molar-refractivity contribution in [3.63, 3.8) is 0 Å². The highest BCUT2D eigenvalue weighted by molar-refractivity contribution is 5.91. The molecule has 0 saturated heterocycles. The predicted octanol–water partition coefficient (Wildman–Crippen LogP) is 10.4. The summed E-state index contributed by atoms with van der Waals surface area (Å²) in [7, 11) is 0. The first-order valence-corrected chi connectivity index (χ1v) is 17.1. The van der Waals surface area contributed by atoms with Crippen molar-refractivity contribution in [1.29, 1.82) is 0 Å². The van der Waals surface area contributed by atoms with Crippen LogP contribution >= 0.6 is 0 Å². The van der Waals surface area contributed by atoms with Crippen molar-refractivity contribution in [1.82, 2.24) is 20.3 Å². The van der Waals surface area contributed by atoms with E-state index in [-0.39, 0.29) is 11.2 Å². The standard InChI is InChI=1S/C45H34N4O2/c1-44(2,3)31-20-22-34-33-21-19-29(28-11-5-4-6-12-28)26-36(33)45(37(34)27-31,41-18-10-16-38(47-41)35-15-7-8-17-40(35)50)32-14-9-13-30(25-32)42-43-39(23-24-46-42)48-51-49-43/h4-27,50H,1-3H3. The summed E-state index contributed by atoms with van der Waals surface area (Å²) in [4.78, 5) is 10.2. The molecule has 0 amide bonds. The molecule has 0 bridgehead atoms. The molecule has 0 spiro atoms. The molecule has 0 aliphatic heterocycles. The first kappa shape index (κ1) is 30.6. The number of hydrogen-bond donors (Lipinski definition) is 1. The molecule has 1 unspecified atom stereocenters. The Morgan fingerprint density at radius 2 is 1.35 bits per heavy atom. The zero-order valence-corrected chi connectivity index (χ0v) is 28.5. The summed E-state index contributed by atoms with van der Waals surface area (Å²) in [6, 6.07) is 48.1. The number of rotatable bonds is 5. The van der Waals surface area contributed by atoms with Gasteiger partial charge in [-0.15, -0.1) is 0 Å². The minimum absolute atomic E-state index is 0.1000. The van der Waals surface area contributed by atoms with Gasteiger partial charge in [0.1, 0.15) is 17.0 Å². The Bertz CT molecular complexity index is 2600. The Kier molecular flexibility index (Phi) is 6.97. The number of phenolic OH excluding ortho intramolecular Hbond substituents is 1. The van der Waals surface area contributed by atoms with E-state index in [2.05, 4.69) is 122 Å². The molecule has 0 radical (unpaired) electrons. The summed E-state index contributed by atoms with van der Waals surface area (Å²) >= 11 is 0. The van der Waals surface area contributed by atoms with E-state index in [1.165, 1.54) is 11.1 Å². The fourth-order valence-electron chi connectivity index (χ4n) is 7.64. The van der Waals surface area contributed by atoms with E-state index >= 15 is 0 Å². The van der Waals surface area contributed by atoms with Crippen LogP contribution in [0.5, 0.6) is 5.75 Å². The highest BCUT2D eigenvalue weighted by Gasteiger charge is 2.48. The largest absolute Gasteiger partial charge is 0.507 e. The van der Waals surface area contributed by atoms with Crippen molar-refractivity contribution < 1.29 is 9.74 Å². The molecule has 246 valence electrons. The predicted molar refractivity (Wildman–Crippen MR) is 201 cm³/mol. The molecule has 3 heterocycles. The van der Waals surface area contributed by atoms with Gasteiger partial charge in [-0.3, -0.25) is 9.97 Å². The van der Waals surface area contributed by atoms with Gasteiger partial charge in [0.2, 0.25) is 0 Å². The first-order valence-electron chi connectivity index (χ1n) is 17.1. The summed E-state index contributed by atoms with van der Waals surface area (Å²) in [5.74, 6) is 0.187. The van der Waals surface area contributed by atoms with Crippen LogP contribution in [0.4, 0.5) is 0 Å². The summed E-state index contributed by atoms with van der Waals surface area (Å²) in [6.45, 7) is 6.76. The molecule has 6 heteroatoms. The maximum atomic E-state index is 11.0. The van der Waals surface area contributed by atoms with Gasteiger partial charge >= 0.3 is 0 Å². The Hall–Kier alpha value is -6.40. The number of aromatic nitrogens is 4. The monoisotopic (exact) mass is 662 g/mol. The van der Waals surface area contributed by atoms with Crippen molar-refractivity contribution in [2.75, 3.05) is 0 Å². The lowest BCUT2D eigenvalue weighted by molar-refractivity contribution is 0.315. The van der Waals surface area contributed by atoms with Crippen LogP contribution in [0.25, 0.3) is 55.8 Å². The maximum Gasteiger partial charge on any atom is 0.161 e. The van der Waals surface area contributed by atoms with E-state index in [1.807, 2.05) is 36.4 Å². The minimum atomic E-state index is -0.844. The number of nitrogens with zero attached hydrogens (tertiary/aromatic N) is 4. The van der Waals surface area contributed by atoms with E-state index in [4.69, 9.17) is 14.6 Å². The fraction of sp³-hybridized carbons (Fsp3) is 0.111. The molecule has 1 N–H and O–H groups in total. The molecule has 9 rings (SSSR count).